The van der Waals surface area contributed by atoms with Crippen molar-refractivity contribution in [3.8, 4) is 17.3 Å². The van der Waals surface area contributed by atoms with Gasteiger partial charge in [0.25, 0.3) is 5.91 Å². The molecule has 0 spiro atoms. The molecule has 0 radical (unpaired) electrons. The Labute approximate surface area is 180 Å². The van der Waals surface area contributed by atoms with Crippen LogP contribution in [-0.2, 0) is 11.8 Å². The number of nitrogens with one attached hydrogen (secondary N) is 2. The summed E-state index contributed by atoms with van der Waals surface area (Å²) in [4.78, 5) is 31.5. The van der Waals surface area contributed by atoms with E-state index in [-0.39, 0.29) is 5.91 Å². The number of anilines is 2. The summed E-state index contributed by atoms with van der Waals surface area (Å²) in [6, 6.07) is 5.75. The van der Waals surface area contributed by atoms with Gasteiger partial charge >= 0.3 is 0 Å². The van der Waals surface area contributed by atoms with Gasteiger partial charge in [-0.3, -0.25) is 9.59 Å². The molecular weight excluding hydrogens is 394 g/mol. The Kier molecular flexibility index (Phi) is 6.20. The van der Waals surface area contributed by atoms with Crippen molar-refractivity contribution in [1.82, 2.24) is 19.9 Å². The number of nitriles is 1. The summed E-state index contributed by atoms with van der Waals surface area (Å²) in [6.07, 6.45) is 4.45. The van der Waals surface area contributed by atoms with Crippen LogP contribution >= 0.6 is 0 Å². The lowest BCUT2D eigenvalue weighted by Crippen LogP contribution is -2.21. The van der Waals surface area contributed by atoms with Crippen molar-refractivity contribution < 1.29 is 9.59 Å². The van der Waals surface area contributed by atoms with E-state index in [0.717, 1.165) is 35.0 Å². The highest BCUT2D eigenvalue weighted by atomic mass is 16.2. The van der Waals surface area contributed by atoms with Gasteiger partial charge in [-0.15, -0.1) is 0 Å². The van der Waals surface area contributed by atoms with Gasteiger partial charge in [-0.25, -0.2) is 9.97 Å². The molecule has 9 heteroatoms. The van der Waals surface area contributed by atoms with Crippen molar-refractivity contribution in [3.05, 3.63) is 35.3 Å². The Morgan fingerprint density at radius 2 is 2.06 bits per heavy atom. The summed E-state index contributed by atoms with van der Waals surface area (Å²) in [5, 5.41) is 14.6. The predicted molar refractivity (Wildman–Crippen MR) is 119 cm³/mol. The molecule has 160 valence electrons. The van der Waals surface area contributed by atoms with Crippen LogP contribution in [-0.4, -0.2) is 33.9 Å². The minimum Gasteiger partial charge on any atom is -0.383 e. The number of nitrogens with two attached hydrogens (primary N) is 1. The minimum absolute atomic E-state index is 0.158. The number of hydrogen-bond donors (Lipinski definition) is 3. The van der Waals surface area contributed by atoms with Crippen LogP contribution in [0.4, 0.5) is 11.6 Å². The average molecular weight is 419 g/mol. The summed E-state index contributed by atoms with van der Waals surface area (Å²) in [6.45, 7) is 3.82. The van der Waals surface area contributed by atoms with Crippen LogP contribution in [0.15, 0.2) is 18.3 Å². The zero-order valence-corrected chi connectivity index (χ0v) is 18.0. The molecule has 0 saturated heterocycles. The zero-order chi connectivity index (χ0) is 22.7. The number of hydrogen-bond acceptors (Lipinski definition) is 6. The van der Waals surface area contributed by atoms with E-state index >= 15 is 0 Å². The van der Waals surface area contributed by atoms with Crippen LogP contribution in [0.3, 0.4) is 0 Å². The molecule has 4 N–H and O–H groups in total. The molecule has 31 heavy (non-hydrogen) atoms. The number of fused-ring (bicyclic) bond motifs is 1. The molecule has 0 aliphatic heterocycles. The standard InChI is InChI=1S/C18H20N6O2.C4H5N/c1-9-15(10(2)24(4)16(9)18(26)20-3)13-5-11-6-14(22-8-25)21-7-12(11)17(19)23-13;5-3-4-1-2-4/h5-8H,1-4H3,(H2,19,23)(H,20,26)(H,21,22,25);4H,1-2H2. The zero-order valence-electron chi connectivity index (χ0n) is 18.0. The lowest BCUT2D eigenvalue weighted by molar-refractivity contribution is -0.105. The van der Waals surface area contributed by atoms with Crippen molar-refractivity contribution >= 4 is 34.7 Å². The van der Waals surface area contributed by atoms with Crippen molar-refractivity contribution in [2.24, 2.45) is 13.0 Å². The maximum atomic E-state index is 12.2. The lowest BCUT2D eigenvalue weighted by atomic mass is 10.0. The molecule has 1 fully saturated rings. The molecule has 9 nitrogen and oxygen atoms in total. The molecule has 4 rings (SSSR count). The first-order valence-electron chi connectivity index (χ1n) is 9.86. The number of nitrogens with zero attached hydrogens (tertiary/aromatic N) is 4. The van der Waals surface area contributed by atoms with Crippen LogP contribution in [0.25, 0.3) is 22.0 Å². The molecule has 2 amide bonds. The van der Waals surface area contributed by atoms with E-state index < -0.39 is 0 Å². The second-order valence-electron chi connectivity index (χ2n) is 7.42. The lowest BCUT2D eigenvalue weighted by Gasteiger charge is -2.08. The van der Waals surface area contributed by atoms with Crippen molar-refractivity contribution in [3.63, 3.8) is 0 Å². The van der Waals surface area contributed by atoms with E-state index in [4.69, 9.17) is 11.0 Å². The molecule has 0 bridgehead atoms. The highest BCUT2D eigenvalue weighted by Crippen LogP contribution is 2.33. The van der Waals surface area contributed by atoms with E-state index in [9.17, 15) is 9.59 Å². The third-order valence-corrected chi connectivity index (χ3v) is 5.34. The Morgan fingerprint density at radius 3 is 2.61 bits per heavy atom. The van der Waals surface area contributed by atoms with Crippen LogP contribution < -0.4 is 16.4 Å². The van der Waals surface area contributed by atoms with E-state index in [1.807, 2.05) is 31.5 Å². The molecular formula is C22H25N7O2. The molecule has 3 heterocycles. The van der Waals surface area contributed by atoms with E-state index in [0.29, 0.717) is 40.7 Å². The molecule has 0 aromatic carbocycles. The molecule has 3 aromatic rings. The Morgan fingerprint density at radius 1 is 1.35 bits per heavy atom. The maximum absolute atomic E-state index is 12.2. The molecule has 1 aliphatic carbocycles. The molecule has 0 atom stereocenters. The smallest absolute Gasteiger partial charge is 0.267 e. The van der Waals surface area contributed by atoms with E-state index in [1.165, 1.54) is 0 Å². The summed E-state index contributed by atoms with van der Waals surface area (Å²) in [5.74, 6) is 1.05. The van der Waals surface area contributed by atoms with Crippen molar-refractivity contribution in [2.45, 2.75) is 26.7 Å². The number of carbonyl (C=O) groups excluding carboxylic acids is 2. The molecule has 1 saturated carbocycles. The van der Waals surface area contributed by atoms with Gasteiger partial charge in [0.15, 0.2) is 0 Å². The number of amides is 2. The topological polar surface area (TPSA) is 139 Å². The van der Waals surface area contributed by atoms with Crippen LogP contribution in [0.2, 0.25) is 0 Å². The fraction of sp³-hybridized carbons (Fsp3) is 0.318. The van der Waals surface area contributed by atoms with E-state index in [1.54, 1.807) is 19.3 Å². The number of rotatable bonds is 4. The molecule has 3 aromatic heterocycles. The van der Waals surface area contributed by atoms with Crippen LogP contribution in [0.1, 0.15) is 34.6 Å². The monoisotopic (exact) mass is 419 g/mol. The van der Waals surface area contributed by atoms with Gasteiger partial charge < -0.3 is 20.9 Å². The van der Waals surface area contributed by atoms with Crippen LogP contribution in [0.5, 0.6) is 0 Å². The maximum Gasteiger partial charge on any atom is 0.267 e. The SMILES string of the molecule is CNC(=O)c1c(C)c(-c2cc3cc(NC=O)ncc3c(N)n2)c(C)n1C.N#CC1CC1. The highest BCUT2D eigenvalue weighted by Gasteiger charge is 2.22. The predicted octanol–water partition coefficient (Wildman–Crippen LogP) is 2.68. The number of nitrogen functional groups attached to an aromatic ring is 1. The van der Waals surface area contributed by atoms with E-state index in [2.05, 4.69) is 26.7 Å². The summed E-state index contributed by atoms with van der Waals surface area (Å²) in [7, 11) is 3.45. The second kappa shape index (κ2) is 8.83. The van der Waals surface area contributed by atoms with Gasteiger partial charge in [0, 0.05) is 42.9 Å². The number of carbonyl (C=O) groups is 2. The van der Waals surface area contributed by atoms with Gasteiger partial charge in [0.1, 0.15) is 17.3 Å². The fourth-order valence-corrected chi connectivity index (χ4v) is 3.45. The third-order valence-electron chi connectivity index (χ3n) is 5.34. The second-order valence-corrected chi connectivity index (χ2v) is 7.42. The average Bonchev–Trinajstić information content (AvgIpc) is 3.55. The quantitative estimate of drug-likeness (QED) is 0.556. The summed E-state index contributed by atoms with van der Waals surface area (Å²) in [5.41, 5.74) is 9.97. The first kappa shape index (κ1) is 21.8. The van der Waals surface area contributed by atoms with Crippen molar-refractivity contribution in [2.75, 3.05) is 18.1 Å². The first-order valence-corrected chi connectivity index (χ1v) is 9.86. The first-order chi connectivity index (χ1) is 14.8. The van der Waals surface area contributed by atoms with Gasteiger partial charge in [0.2, 0.25) is 6.41 Å². The Bertz CT molecular complexity index is 1200. The largest absolute Gasteiger partial charge is 0.383 e. The Balaban J connectivity index is 0.000000478. The van der Waals surface area contributed by atoms with Crippen molar-refractivity contribution in [1.29, 1.82) is 5.26 Å². The normalized spacial score (nSPS) is 12.5. The van der Waals surface area contributed by atoms with Gasteiger partial charge in [0.05, 0.1) is 11.8 Å². The van der Waals surface area contributed by atoms with Gasteiger partial charge in [-0.2, -0.15) is 5.26 Å². The summed E-state index contributed by atoms with van der Waals surface area (Å²) >= 11 is 0. The third kappa shape index (κ3) is 4.33. The number of pyridine rings is 2. The summed E-state index contributed by atoms with van der Waals surface area (Å²) < 4.78 is 1.84. The molecule has 1 aliphatic rings. The van der Waals surface area contributed by atoms with Gasteiger partial charge in [-0.05, 0) is 49.8 Å². The fourth-order valence-electron chi connectivity index (χ4n) is 3.45. The Hall–Kier alpha value is -3.93. The highest BCUT2D eigenvalue weighted by molar-refractivity contribution is 5.99. The number of aromatic nitrogens is 3. The van der Waals surface area contributed by atoms with Gasteiger partial charge in [-0.1, -0.05) is 0 Å². The molecule has 0 unspecified atom stereocenters. The minimum atomic E-state index is -0.158. The van der Waals surface area contributed by atoms with Crippen LogP contribution in [0, 0.1) is 31.1 Å².